The summed E-state index contributed by atoms with van der Waals surface area (Å²) in [6.45, 7) is 4.43. The van der Waals surface area contributed by atoms with Crippen molar-refractivity contribution in [1.29, 1.82) is 0 Å². The number of aryl methyl sites for hydroxylation is 1. The Morgan fingerprint density at radius 1 is 1.34 bits per heavy atom. The molecule has 0 atom stereocenters. The number of aromatic nitrogens is 5. The van der Waals surface area contributed by atoms with Crippen LogP contribution in [-0.2, 0) is 11.8 Å². The number of nitrogens with zero attached hydrogens (tertiary/aromatic N) is 4. The van der Waals surface area contributed by atoms with E-state index in [4.69, 9.17) is 4.74 Å². The Morgan fingerprint density at radius 3 is 2.81 bits per heavy atom. The van der Waals surface area contributed by atoms with E-state index in [9.17, 15) is 9.59 Å². The molecule has 10 nitrogen and oxygen atoms in total. The van der Waals surface area contributed by atoms with Crippen molar-refractivity contribution in [3.63, 3.8) is 0 Å². The molecule has 0 unspecified atom stereocenters. The van der Waals surface area contributed by atoms with Crippen LogP contribution in [0.25, 0.3) is 16.7 Å². The van der Waals surface area contributed by atoms with Gasteiger partial charge in [0.15, 0.2) is 0 Å². The molecule has 1 aliphatic rings. The molecule has 0 aliphatic carbocycles. The predicted octanol–water partition coefficient (Wildman–Crippen LogP) is 2.80. The second-order valence-electron chi connectivity index (χ2n) is 7.21. The molecule has 32 heavy (non-hydrogen) atoms. The molecule has 0 saturated carbocycles. The third-order valence-corrected chi connectivity index (χ3v) is 5.63. The van der Waals surface area contributed by atoms with E-state index in [1.807, 2.05) is 20.2 Å². The molecule has 0 bridgehead atoms. The largest absolute Gasteiger partial charge is 0.381 e. The highest BCUT2D eigenvalue weighted by Crippen LogP contribution is 2.24. The van der Waals surface area contributed by atoms with Gasteiger partial charge in [0.05, 0.1) is 28.0 Å². The summed E-state index contributed by atoms with van der Waals surface area (Å²) in [5, 5.41) is 12.4. The molecule has 1 fully saturated rings. The average molecular weight is 456 g/mol. The highest BCUT2D eigenvalue weighted by atomic mass is 32.1. The number of anilines is 2. The van der Waals surface area contributed by atoms with Crippen molar-refractivity contribution in [2.75, 3.05) is 25.1 Å². The van der Waals surface area contributed by atoms with E-state index < -0.39 is 0 Å². The number of carbonyl (C=O) groups excluding carboxylic acids is 1. The molecule has 168 valence electrons. The van der Waals surface area contributed by atoms with Gasteiger partial charge >= 0.3 is 0 Å². The van der Waals surface area contributed by atoms with Gasteiger partial charge in [-0.25, -0.2) is 4.98 Å². The number of amides is 1. The second kappa shape index (κ2) is 9.79. The molecule has 3 N–H and O–H groups in total. The van der Waals surface area contributed by atoms with Crippen molar-refractivity contribution in [2.24, 2.45) is 7.05 Å². The molecule has 1 amide bonds. The molecule has 1 saturated heterocycles. The van der Waals surface area contributed by atoms with Crippen molar-refractivity contribution in [2.45, 2.75) is 19.8 Å². The average Bonchev–Trinajstić information content (AvgIpc) is 3.56. The summed E-state index contributed by atoms with van der Waals surface area (Å²) in [6.07, 6.45) is 7.84. The molecular weight excluding hydrogens is 430 g/mol. The second-order valence-corrected chi connectivity index (χ2v) is 8.12. The molecule has 5 rings (SSSR count). The third-order valence-electron chi connectivity index (χ3n) is 4.78. The van der Waals surface area contributed by atoms with Crippen molar-refractivity contribution in [1.82, 2.24) is 29.6 Å². The number of aromatic amines is 1. The van der Waals surface area contributed by atoms with Gasteiger partial charge in [-0.2, -0.15) is 5.10 Å². The van der Waals surface area contributed by atoms with Crippen LogP contribution >= 0.6 is 11.3 Å². The third kappa shape index (κ3) is 4.89. The number of hydrogen-bond donors (Lipinski definition) is 3. The highest BCUT2D eigenvalue weighted by Gasteiger charge is 2.13. The van der Waals surface area contributed by atoms with Crippen molar-refractivity contribution in [3.05, 3.63) is 52.0 Å². The summed E-state index contributed by atoms with van der Waals surface area (Å²) < 4.78 is 8.36. The van der Waals surface area contributed by atoms with E-state index >= 15 is 0 Å². The van der Waals surface area contributed by atoms with Crippen molar-refractivity contribution in [3.8, 4) is 5.69 Å². The summed E-state index contributed by atoms with van der Waals surface area (Å²) in [5.41, 5.74) is 2.09. The lowest BCUT2D eigenvalue weighted by atomic mass is 10.3. The minimum atomic E-state index is -0.267. The minimum Gasteiger partial charge on any atom is -0.381 e. The van der Waals surface area contributed by atoms with E-state index in [1.54, 1.807) is 39.2 Å². The molecule has 11 heteroatoms. The standard InChI is InChI=1S/C17H17N7O2S.C4H8O/c1-3-18-15(25)10-6-13(27-9-10)21-17-20-12-4-5-24(14(12)16(26)22-17)11-7-19-23(2)8-11;1-2-4-5-3-1/h4-9H,3H2,1-2H3,(H,18,25)(H2,20,21,22,26);1-4H2. The number of thiophene rings is 1. The fraction of sp³-hybridized carbons (Fsp3) is 0.333. The first-order chi connectivity index (χ1) is 15.5. The van der Waals surface area contributed by atoms with E-state index in [0.29, 0.717) is 34.1 Å². The van der Waals surface area contributed by atoms with Crippen LogP contribution in [0.2, 0.25) is 0 Å². The Kier molecular flexibility index (Phi) is 6.66. The first-order valence-electron chi connectivity index (χ1n) is 10.4. The number of fused-ring (bicyclic) bond motifs is 1. The van der Waals surface area contributed by atoms with Crippen LogP contribution in [-0.4, -0.2) is 50.0 Å². The van der Waals surface area contributed by atoms with Gasteiger partial charge in [0.25, 0.3) is 11.5 Å². The molecule has 0 radical (unpaired) electrons. The van der Waals surface area contributed by atoms with Gasteiger partial charge in [-0.15, -0.1) is 11.3 Å². The lowest BCUT2D eigenvalue weighted by Gasteiger charge is -2.04. The summed E-state index contributed by atoms with van der Waals surface area (Å²) in [6, 6.07) is 3.50. The molecule has 0 spiro atoms. The summed E-state index contributed by atoms with van der Waals surface area (Å²) in [5.74, 6) is 0.188. The van der Waals surface area contributed by atoms with Gasteiger partial charge in [0.2, 0.25) is 5.95 Å². The Balaban J connectivity index is 0.000000433. The zero-order valence-corrected chi connectivity index (χ0v) is 18.7. The Hall–Kier alpha value is -3.44. The first kappa shape index (κ1) is 21.8. The van der Waals surface area contributed by atoms with Gasteiger partial charge in [-0.1, -0.05) is 0 Å². The fourth-order valence-corrected chi connectivity index (χ4v) is 4.05. The van der Waals surface area contributed by atoms with Crippen LogP contribution < -0.4 is 16.2 Å². The fourth-order valence-electron chi connectivity index (χ4n) is 3.27. The lowest BCUT2D eigenvalue weighted by Crippen LogP contribution is -2.21. The SMILES string of the molecule is C1CCOC1.CCNC(=O)c1csc(Nc2nc3ccn(-c4cnn(C)c4)c3c(=O)[nH]2)c1. The normalized spacial score (nSPS) is 13.1. The maximum absolute atomic E-state index is 12.6. The first-order valence-corrected chi connectivity index (χ1v) is 11.2. The van der Waals surface area contributed by atoms with Gasteiger partial charge in [0, 0.05) is 44.6 Å². The molecule has 1 aliphatic heterocycles. The zero-order valence-electron chi connectivity index (χ0n) is 17.9. The highest BCUT2D eigenvalue weighted by molar-refractivity contribution is 7.14. The Morgan fingerprint density at radius 2 is 2.16 bits per heavy atom. The van der Waals surface area contributed by atoms with Crippen LogP contribution in [0, 0.1) is 0 Å². The van der Waals surface area contributed by atoms with E-state index in [0.717, 1.165) is 18.9 Å². The number of carbonyl (C=O) groups is 1. The molecule has 0 aromatic carbocycles. The van der Waals surface area contributed by atoms with Crippen LogP contribution in [0.4, 0.5) is 10.9 Å². The van der Waals surface area contributed by atoms with E-state index in [1.165, 1.54) is 24.2 Å². The van der Waals surface area contributed by atoms with Gasteiger partial charge in [0.1, 0.15) is 5.52 Å². The number of hydrogen-bond acceptors (Lipinski definition) is 7. The topological polar surface area (TPSA) is 119 Å². The van der Waals surface area contributed by atoms with Gasteiger partial charge in [-0.3, -0.25) is 19.3 Å². The predicted molar refractivity (Wildman–Crippen MR) is 124 cm³/mol. The number of H-pyrrole nitrogens is 1. The molecular formula is C21H25N7O3S. The van der Waals surface area contributed by atoms with Crippen molar-refractivity contribution < 1.29 is 9.53 Å². The van der Waals surface area contributed by atoms with Crippen LogP contribution in [0.15, 0.2) is 40.9 Å². The quantitative estimate of drug-likeness (QED) is 0.426. The van der Waals surface area contributed by atoms with Crippen LogP contribution in [0.3, 0.4) is 0 Å². The minimum absolute atomic E-state index is 0.132. The molecule has 4 aromatic heterocycles. The van der Waals surface area contributed by atoms with Gasteiger partial charge < -0.3 is 19.9 Å². The molecule has 4 aromatic rings. The smallest absolute Gasteiger partial charge is 0.277 e. The summed E-state index contributed by atoms with van der Waals surface area (Å²) in [7, 11) is 1.82. The maximum atomic E-state index is 12.6. The van der Waals surface area contributed by atoms with Gasteiger partial charge in [-0.05, 0) is 31.9 Å². The number of ether oxygens (including phenoxy) is 1. The summed E-state index contributed by atoms with van der Waals surface area (Å²) in [4.78, 5) is 31.7. The van der Waals surface area contributed by atoms with E-state index in [2.05, 4.69) is 25.7 Å². The Bertz CT molecular complexity index is 1260. The summed E-state index contributed by atoms with van der Waals surface area (Å²) >= 11 is 1.36. The monoisotopic (exact) mass is 455 g/mol. The van der Waals surface area contributed by atoms with E-state index in [-0.39, 0.29) is 11.5 Å². The van der Waals surface area contributed by atoms with Crippen LogP contribution in [0.1, 0.15) is 30.1 Å². The Labute approximate surface area is 188 Å². The van der Waals surface area contributed by atoms with Crippen molar-refractivity contribution >= 4 is 39.2 Å². The molecule has 5 heterocycles. The maximum Gasteiger partial charge on any atom is 0.277 e. The lowest BCUT2D eigenvalue weighted by molar-refractivity contribution is 0.0956. The van der Waals surface area contributed by atoms with Crippen LogP contribution in [0.5, 0.6) is 0 Å². The number of nitrogens with one attached hydrogen (secondary N) is 3. The number of rotatable bonds is 5. The zero-order chi connectivity index (χ0) is 22.5.